The first-order valence-electron chi connectivity index (χ1n) is 17.8. The van der Waals surface area contributed by atoms with Gasteiger partial charge in [-0.25, -0.2) is 17.2 Å². The molecule has 292 valence electrons. The normalized spacial score (nSPS) is 13.2. The molecule has 3 rings (SSSR count). The van der Waals surface area contributed by atoms with Gasteiger partial charge in [0.05, 0.1) is 44.5 Å². The van der Waals surface area contributed by atoms with E-state index in [1.807, 2.05) is 45.0 Å². The average Bonchev–Trinajstić information content (AvgIpc) is 3.12. The molecule has 4 N–H and O–H groups in total. The molecule has 1 unspecified atom stereocenters. The highest BCUT2D eigenvalue weighted by Crippen LogP contribution is 2.38. The Labute approximate surface area is 311 Å². The van der Waals surface area contributed by atoms with Crippen LogP contribution in [0.2, 0.25) is 0 Å². The van der Waals surface area contributed by atoms with E-state index < -0.39 is 62.5 Å². The Morgan fingerprint density at radius 3 is 1.96 bits per heavy atom. The first kappa shape index (κ1) is 43.1. The number of aliphatic hydroxyl groups is 1. The van der Waals surface area contributed by atoms with Gasteiger partial charge in [0, 0.05) is 24.7 Å². The third-order valence-electron chi connectivity index (χ3n) is 8.93. The van der Waals surface area contributed by atoms with Gasteiger partial charge < -0.3 is 35.3 Å². The Morgan fingerprint density at radius 2 is 1.42 bits per heavy atom. The van der Waals surface area contributed by atoms with Gasteiger partial charge in [0.25, 0.3) is 5.91 Å². The second-order valence-corrected chi connectivity index (χ2v) is 15.3. The van der Waals surface area contributed by atoms with E-state index in [9.17, 15) is 31.9 Å². The van der Waals surface area contributed by atoms with Gasteiger partial charge in [-0.1, -0.05) is 57.9 Å². The van der Waals surface area contributed by atoms with Crippen molar-refractivity contribution in [1.82, 2.24) is 16.0 Å². The lowest BCUT2D eigenvalue weighted by Gasteiger charge is -2.28. The Kier molecular flexibility index (Phi) is 17.0. The summed E-state index contributed by atoms with van der Waals surface area (Å²) in [5.41, 5.74) is 2.26. The molecule has 0 spiro atoms. The summed E-state index contributed by atoms with van der Waals surface area (Å²) >= 11 is 0. The largest absolute Gasteiger partial charge is 0.493 e. The molecule has 14 heteroatoms. The molecule has 0 fully saturated rings. The summed E-state index contributed by atoms with van der Waals surface area (Å²) in [7, 11) is 0.192. The first-order valence-corrected chi connectivity index (χ1v) is 19.5. The molecule has 0 aliphatic carbocycles. The number of rotatable bonds is 22. The third kappa shape index (κ3) is 12.7. The van der Waals surface area contributed by atoms with Crippen LogP contribution in [-0.4, -0.2) is 82.4 Å². The summed E-state index contributed by atoms with van der Waals surface area (Å²) in [6, 6.07) is 10.7. The van der Waals surface area contributed by atoms with Gasteiger partial charge in [0.2, 0.25) is 11.7 Å². The van der Waals surface area contributed by atoms with Gasteiger partial charge in [-0.2, -0.15) is 0 Å². The molecule has 0 heterocycles. The van der Waals surface area contributed by atoms with Crippen molar-refractivity contribution in [3.05, 3.63) is 88.5 Å². The summed E-state index contributed by atoms with van der Waals surface area (Å²) < 4.78 is 72.1. The average molecular weight is 762 g/mol. The molecular formula is C39H53F2N3O8S. The zero-order chi connectivity index (χ0) is 39.1. The van der Waals surface area contributed by atoms with E-state index >= 15 is 0 Å². The van der Waals surface area contributed by atoms with E-state index in [2.05, 4.69) is 16.0 Å². The van der Waals surface area contributed by atoms with Crippen LogP contribution in [0, 0.1) is 11.6 Å². The molecule has 0 saturated carbocycles. The van der Waals surface area contributed by atoms with Gasteiger partial charge in [0.15, 0.2) is 21.3 Å². The fourth-order valence-corrected chi connectivity index (χ4v) is 8.33. The maximum atomic E-state index is 14.2. The van der Waals surface area contributed by atoms with Crippen LogP contribution in [0.4, 0.5) is 8.78 Å². The van der Waals surface area contributed by atoms with E-state index in [4.69, 9.17) is 14.2 Å². The van der Waals surface area contributed by atoms with Crippen molar-refractivity contribution in [2.75, 3.05) is 33.6 Å². The zero-order valence-corrected chi connectivity index (χ0v) is 32.2. The first-order chi connectivity index (χ1) is 25.3. The number of nitrogens with one attached hydrogen (secondary N) is 3. The maximum Gasteiger partial charge on any atom is 0.252 e. The van der Waals surface area contributed by atoms with Crippen molar-refractivity contribution >= 4 is 21.7 Å². The minimum absolute atomic E-state index is 0.00322. The predicted molar refractivity (Wildman–Crippen MR) is 200 cm³/mol. The number of sulfone groups is 1. The number of aliphatic hydroxyl groups excluding tert-OH is 1. The number of amides is 2. The maximum absolute atomic E-state index is 14.2. The number of carbonyl (C=O) groups excluding carboxylic acids is 2. The highest BCUT2D eigenvalue weighted by Gasteiger charge is 2.34. The fraction of sp³-hybridized carbons (Fsp3) is 0.487. The topological polar surface area (TPSA) is 152 Å². The summed E-state index contributed by atoms with van der Waals surface area (Å²) in [5.74, 6) is -3.57. The van der Waals surface area contributed by atoms with E-state index in [1.165, 1.54) is 33.5 Å². The lowest BCUT2D eigenvalue weighted by molar-refractivity contribution is -0.124. The van der Waals surface area contributed by atoms with Gasteiger partial charge in [-0.15, -0.1) is 0 Å². The smallest absolute Gasteiger partial charge is 0.252 e. The number of hydrogen-bond acceptors (Lipinski definition) is 9. The minimum atomic E-state index is -3.95. The van der Waals surface area contributed by atoms with Crippen LogP contribution in [0.3, 0.4) is 0 Å². The van der Waals surface area contributed by atoms with Crippen LogP contribution >= 0.6 is 0 Å². The highest BCUT2D eigenvalue weighted by molar-refractivity contribution is 7.92. The molecule has 3 aromatic carbocycles. The molecule has 3 aromatic rings. The second-order valence-electron chi connectivity index (χ2n) is 12.9. The molecule has 0 aromatic heterocycles. The van der Waals surface area contributed by atoms with Crippen LogP contribution in [0.5, 0.6) is 17.2 Å². The molecular weight excluding hydrogens is 709 g/mol. The van der Waals surface area contributed by atoms with Crippen LogP contribution in [0.1, 0.15) is 73.5 Å². The lowest BCUT2D eigenvalue weighted by atomic mass is 10.00. The Balaban J connectivity index is 1.97. The second kappa shape index (κ2) is 20.8. The monoisotopic (exact) mass is 761 g/mol. The predicted octanol–water partition coefficient (Wildman–Crippen LogP) is 4.91. The van der Waals surface area contributed by atoms with E-state index in [0.29, 0.717) is 38.3 Å². The molecule has 0 saturated heterocycles. The Morgan fingerprint density at radius 1 is 0.811 bits per heavy atom. The van der Waals surface area contributed by atoms with Gasteiger partial charge >= 0.3 is 0 Å². The highest BCUT2D eigenvalue weighted by atomic mass is 32.2. The summed E-state index contributed by atoms with van der Waals surface area (Å²) in [6.45, 7) is 6.13. The van der Waals surface area contributed by atoms with Crippen molar-refractivity contribution in [1.29, 1.82) is 0 Å². The number of halogens is 2. The zero-order valence-electron chi connectivity index (χ0n) is 31.3. The molecule has 3 atom stereocenters. The van der Waals surface area contributed by atoms with Crippen molar-refractivity contribution in [2.24, 2.45) is 0 Å². The van der Waals surface area contributed by atoms with E-state index in [0.717, 1.165) is 29.7 Å². The fourth-order valence-electron chi connectivity index (χ4n) is 6.17. The van der Waals surface area contributed by atoms with E-state index in [1.54, 1.807) is 0 Å². The molecule has 0 bridgehead atoms. The number of ether oxygens (including phenoxy) is 3. The van der Waals surface area contributed by atoms with Crippen LogP contribution in [-0.2, 0) is 34.0 Å². The molecule has 2 amide bonds. The minimum Gasteiger partial charge on any atom is -0.493 e. The number of hydrogen-bond donors (Lipinski definition) is 4. The van der Waals surface area contributed by atoms with Crippen molar-refractivity contribution in [3.8, 4) is 17.2 Å². The SMILES string of the molecule is CCCC(CCC)S(=O)(=O)CC(NC(=O)c1cc(OC)c(OC)c(OC)c1)C(=O)N[C@@H](Cc1cc(F)cc(F)c1)[C@H](O)CNCc1cccc(CC)c1. The molecule has 0 radical (unpaired) electrons. The molecule has 53 heavy (non-hydrogen) atoms. The Bertz CT molecular complexity index is 1720. The van der Waals surface area contributed by atoms with Gasteiger partial charge in [0.1, 0.15) is 17.7 Å². The van der Waals surface area contributed by atoms with Crippen molar-refractivity contribution in [3.63, 3.8) is 0 Å². The van der Waals surface area contributed by atoms with Gasteiger partial charge in [-0.3, -0.25) is 9.59 Å². The molecule has 11 nitrogen and oxygen atoms in total. The van der Waals surface area contributed by atoms with E-state index in [-0.39, 0.29) is 41.3 Å². The quantitative estimate of drug-likeness (QED) is 0.112. The lowest BCUT2D eigenvalue weighted by Crippen LogP contribution is -2.57. The van der Waals surface area contributed by atoms with Crippen LogP contribution in [0.15, 0.2) is 54.6 Å². The Hall–Kier alpha value is -4.27. The van der Waals surface area contributed by atoms with Crippen molar-refractivity contribution in [2.45, 2.75) is 89.3 Å². The number of carbonyl (C=O) groups is 2. The van der Waals surface area contributed by atoms with Crippen molar-refractivity contribution < 1.29 is 46.1 Å². The van der Waals surface area contributed by atoms with Crippen LogP contribution in [0.25, 0.3) is 0 Å². The molecule has 0 aliphatic heterocycles. The third-order valence-corrected chi connectivity index (χ3v) is 11.2. The van der Waals surface area contributed by atoms with Gasteiger partial charge in [-0.05, 0) is 66.6 Å². The summed E-state index contributed by atoms with van der Waals surface area (Å²) in [4.78, 5) is 27.9. The number of methoxy groups -OCH3 is 3. The van der Waals surface area contributed by atoms with Crippen LogP contribution < -0.4 is 30.2 Å². The summed E-state index contributed by atoms with van der Waals surface area (Å²) in [6.07, 6.45) is 1.26. The number of benzene rings is 3. The number of aryl methyl sites for hydroxylation is 1. The standard InChI is InChI=1S/C39H53F2N3O8S/c1-7-11-31(12-8-2)53(48,49)24-33(44-38(46)28-19-35(50-4)37(52-6)36(20-28)51-5)39(47)43-32(18-27-16-29(40)21-30(41)17-27)34(45)23-42-22-26-14-10-13-25(9-3)15-26/h10,13-17,19-21,31-34,42,45H,7-9,11-12,18,22-24H2,1-6H3,(H,43,47)(H,44,46)/t32-,33?,34+/m0/s1. The molecule has 0 aliphatic rings. The summed E-state index contributed by atoms with van der Waals surface area (Å²) in [5, 5.41) is 19.1.